The minimum absolute atomic E-state index is 0.0595. The van der Waals surface area contributed by atoms with Gasteiger partial charge in [0, 0.05) is 24.8 Å². The van der Waals surface area contributed by atoms with Gasteiger partial charge in [0.1, 0.15) is 0 Å². The highest BCUT2D eigenvalue weighted by molar-refractivity contribution is 7.91. The number of benzene rings is 2. The van der Waals surface area contributed by atoms with Gasteiger partial charge in [-0.3, -0.25) is 9.52 Å². The van der Waals surface area contributed by atoms with E-state index in [1.54, 1.807) is 24.1 Å². The van der Waals surface area contributed by atoms with Crippen LogP contribution in [0.2, 0.25) is 0 Å². The van der Waals surface area contributed by atoms with Crippen LogP contribution in [0, 0.1) is 13.8 Å². The third-order valence-corrected chi connectivity index (χ3v) is 5.78. The van der Waals surface area contributed by atoms with Crippen molar-refractivity contribution in [3.63, 3.8) is 0 Å². The van der Waals surface area contributed by atoms with Crippen LogP contribution in [0.15, 0.2) is 36.4 Å². The number of anilines is 2. The molecular formula is C19H22N2O3S. The van der Waals surface area contributed by atoms with Crippen LogP contribution in [0.4, 0.5) is 11.4 Å². The first-order valence-electron chi connectivity index (χ1n) is 8.21. The van der Waals surface area contributed by atoms with Crippen molar-refractivity contribution in [2.24, 2.45) is 0 Å². The molecule has 0 saturated heterocycles. The van der Waals surface area contributed by atoms with Gasteiger partial charge < -0.3 is 4.90 Å². The number of rotatable bonds is 4. The van der Waals surface area contributed by atoms with Crippen LogP contribution < -0.4 is 9.62 Å². The highest BCUT2D eigenvalue weighted by Gasteiger charge is 2.21. The summed E-state index contributed by atoms with van der Waals surface area (Å²) < 4.78 is 27.7. The molecule has 1 aliphatic rings. The minimum atomic E-state index is -3.51. The molecule has 0 atom stereocenters. The molecule has 25 heavy (non-hydrogen) atoms. The summed E-state index contributed by atoms with van der Waals surface area (Å²) in [5, 5.41) is 0. The molecule has 3 rings (SSSR count). The average molecular weight is 358 g/mol. The SMILES string of the molecule is Cc1ccc(C)c(CS(=O)(=O)Nc2ccc3c(c2)CCC(=O)N3C)c1. The summed E-state index contributed by atoms with van der Waals surface area (Å²) in [6.45, 7) is 3.86. The second kappa shape index (κ2) is 6.52. The Morgan fingerprint density at radius 2 is 1.84 bits per heavy atom. The van der Waals surface area contributed by atoms with E-state index in [9.17, 15) is 13.2 Å². The summed E-state index contributed by atoms with van der Waals surface area (Å²) in [5.74, 6) is 0.0199. The van der Waals surface area contributed by atoms with Crippen LogP contribution in [0.3, 0.4) is 0 Å². The van der Waals surface area contributed by atoms with Gasteiger partial charge in [0.2, 0.25) is 15.9 Å². The van der Waals surface area contributed by atoms with Crippen molar-refractivity contribution in [2.45, 2.75) is 32.4 Å². The molecule has 0 bridgehead atoms. The van der Waals surface area contributed by atoms with Gasteiger partial charge in [-0.1, -0.05) is 23.8 Å². The molecule has 1 N–H and O–H groups in total. The fraction of sp³-hybridized carbons (Fsp3) is 0.316. The van der Waals surface area contributed by atoms with Crippen LogP contribution in [-0.4, -0.2) is 21.4 Å². The van der Waals surface area contributed by atoms with E-state index < -0.39 is 10.0 Å². The number of hydrogen-bond donors (Lipinski definition) is 1. The summed E-state index contributed by atoms with van der Waals surface area (Å²) in [6.07, 6.45) is 1.08. The summed E-state index contributed by atoms with van der Waals surface area (Å²) in [5.41, 5.74) is 5.16. The van der Waals surface area contributed by atoms with E-state index in [0.29, 0.717) is 18.5 Å². The van der Waals surface area contributed by atoms with Crippen molar-refractivity contribution >= 4 is 27.3 Å². The predicted molar refractivity (Wildman–Crippen MR) is 100 cm³/mol. The molecule has 132 valence electrons. The molecule has 1 aliphatic heterocycles. The van der Waals surface area contributed by atoms with Crippen molar-refractivity contribution in [2.75, 3.05) is 16.7 Å². The maximum atomic E-state index is 12.5. The zero-order valence-electron chi connectivity index (χ0n) is 14.7. The fourth-order valence-electron chi connectivity index (χ4n) is 3.10. The first-order valence-corrected chi connectivity index (χ1v) is 9.86. The molecule has 5 nitrogen and oxygen atoms in total. The largest absolute Gasteiger partial charge is 0.315 e. The van der Waals surface area contributed by atoms with Gasteiger partial charge in [-0.05, 0) is 55.2 Å². The molecule has 0 spiro atoms. The summed E-state index contributed by atoms with van der Waals surface area (Å²) in [4.78, 5) is 13.4. The second-order valence-electron chi connectivity index (χ2n) is 6.59. The highest BCUT2D eigenvalue weighted by Crippen LogP contribution is 2.29. The van der Waals surface area contributed by atoms with Crippen molar-refractivity contribution in [1.29, 1.82) is 0 Å². The van der Waals surface area contributed by atoms with Gasteiger partial charge >= 0.3 is 0 Å². The van der Waals surface area contributed by atoms with E-state index in [4.69, 9.17) is 0 Å². The van der Waals surface area contributed by atoms with Crippen molar-refractivity contribution in [3.05, 3.63) is 58.7 Å². The fourth-order valence-corrected chi connectivity index (χ4v) is 4.37. The lowest BCUT2D eigenvalue weighted by Crippen LogP contribution is -2.31. The average Bonchev–Trinajstić information content (AvgIpc) is 2.54. The molecule has 2 aromatic rings. The van der Waals surface area contributed by atoms with Crippen LogP contribution >= 0.6 is 0 Å². The van der Waals surface area contributed by atoms with Crippen molar-refractivity contribution < 1.29 is 13.2 Å². The van der Waals surface area contributed by atoms with Crippen molar-refractivity contribution in [1.82, 2.24) is 0 Å². The molecule has 2 aromatic carbocycles. The van der Waals surface area contributed by atoms with E-state index in [-0.39, 0.29) is 11.7 Å². The molecule has 1 heterocycles. The molecule has 1 amide bonds. The molecule has 6 heteroatoms. The van der Waals surface area contributed by atoms with Crippen LogP contribution in [0.5, 0.6) is 0 Å². The smallest absolute Gasteiger partial charge is 0.236 e. The first kappa shape index (κ1) is 17.5. The number of fused-ring (bicyclic) bond motifs is 1. The second-order valence-corrected chi connectivity index (χ2v) is 8.31. The van der Waals surface area contributed by atoms with Crippen LogP contribution in [0.1, 0.15) is 28.7 Å². The number of hydrogen-bond acceptors (Lipinski definition) is 3. The number of amides is 1. The third-order valence-electron chi connectivity index (χ3n) is 4.55. The van der Waals surface area contributed by atoms with Gasteiger partial charge in [0.15, 0.2) is 0 Å². The lowest BCUT2D eigenvalue weighted by molar-refractivity contribution is -0.118. The maximum absolute atomic E-state index is 12.5. The Kier molecular flexibility index (Phi) is 4.56. The minimum Gasteiger partial charge on any atom is -0.315 e. The number of carbonyl (C=O) groups is 1. The Morgan fingerprint density at radius 1 is 1.08 bits per heavy atom. The topological polar surface area (TPSA) is 66.5 Å². The number of carbonyl (C=O) groups excluding carboxylic acids is 1. The number of nitrogens with one attached hydrogen (secondary N) is 1. The lowest BCUT2D eigenvalue weighted by atomic mass is 10.0. The molecule has 0 aliphatic carbocycles. The Labute approximate surface area is 148 Å². The first-order chi connectivity index (χ1) is 11.7. The summed E-state index contributed by atoms with van der Waals surface area (Å²) in [6, 6.07) is 11.1. The van der Waals surface area contributed by atoms with Gasteiger partial charge in [-0.2, -0.15) is 0 Å². The molecular weight excluding hydrogens is 336 g/mol. The van der Waals surface area contributed by atoms with Gasteiger partial charge in [0.25, 0.3) is 0 Å². The van der Waals surface area contributed by atoms with Crippen LogP contribution in [0.25, 0.3) is 0 Å². The van der Waals surface area contributed by atoms with Gasteiger partial charge in [-0.25, -0.2) is 8.42 Å². The summed E-state index contributed by atoms with van der Waals surface area (Å²) >= 11 is 0. The molecule has 0 radical (unpaired) electrons. The predicted octanol–water partition coefficient (Wildman–Crippen LogP) is 3.15. The Bertz CT molecular complexity index is 936. The Balaban J connectivity index is 1.82. The molecule has 0 aromatic heterocycles. The monoisotopic (exact) mass is 358 g/mol. The van der Waals surface area contributed by atoms with Crippen LogP contribution in [-0.2, 0) is 27.0 Å². The van der Waals surface area contributed by atoms with Gasteiger partial charge in [-0.15, -0.1) is 0 Å². The van der Waals surface area contributed by atoms with E-state index >= 15 is 0 Å². The molecule has 0 fully saturated rings. The number of nitrogens with zero attached hydrogens (tertiary/aromatic N) is 1. The summed E-state index contributed by atoms with van der Waals surface area (Å²) in [7, 11) is -1.77. The van der Waals surface area contributed by atoms with E-state index in [2.05, 4.69) is 4.72 Å². The highest BCUT2D eigenvalue weighted by atomic mass is 32.2. The Morgan fingerprint density at radius 3 is 2.60 bits per heavy atom. The number of sulfonamides is 1. The van der Waals surface area contributed by atoms with E-state index in [1.165, 1.54) is 0 Å². The molecule has 0 unspecified atom stereocenters. The zero-order chi connectivity index (χ0) is 18.2. The standard InChI is InChI=1S/C19H22N2O3S/c1-13-4-5-14(2)16(10-13)12-25(23,24)20-17-7-8-18-15(11-17)6-9-19(22)21(18)3/h4-5,7-8,10-11,20H,6,9,12H2,1-3H3. The third kappa shape index (κ3) is 3.85. The Hall–Kier alpha value is -2.34. The normalized spacial score (nSPS) is 14.4. The van der Waals surface area contributed by atoms with Crippen molar-refractivity contribution in [3.8, 4) is 0 Å². The molecule has 0 saturated carbocycles. The van der Waals surface area contributed by atoms with Gasteiger partial charge in [0.05, 0.1) is 5.75 Å². The van der Waals surface area contributed by atoms with E-state index in [0.717, 1.165) is 27.9 Å². The maximum Gasteiger partial charge on any atom is 0.236 e. The zero-order valence-corrected chi connectivity index (χ0v) is 15.5. The lowest BCUT2D eigenvalue weighted by Gasteiger charge is -2.26. The quantitative estimate of drug-likeness (QED) is 0.913. The van der Waals surface area contributed by atoms with E-state index in [1.807, 2.05) is 38.1 Å². The number of aryl methyl sites for hydroxylation is 3.